The standard InChI is InChI=1S/C17H19BrFN/c1-17(2,3)13-9-5-4-7-11(13)16(20)12-8-6-10-14(18)15(12)19/h4-10,16H,20H2,1-3H3. The summed E-state index contributed by atoms with van der Waals surface area (Å²) in [7, 11) is 0. The molecule has 2 rings (SSSR count). The van der Waals surface area contributed by atoms with Gasteiger partial charge < -0.3 is 5.73 Å². The number of hydrogen-bond donors (Lipinski definition) is 1. The summed E-state index contributed by atoms with van der Waals surface area (Å²) in [5.74, 6) is -0.288. The van der Waals surface area contributed by atoms with Gasteiger partial charge in [0.1, 0.15) is 5.82 Å². The van der Waals surface area contributed by atoms with E-state index < -0.39 is 6.04 Å². The van der Waals surface area contributed by atoms with Gasteiger partial charge in [0.05, 0.1) is 10.5 Å². The summed E-state index contributed by atoms with van der Waals surface area (Å²) < 4.78 is 14.7. The molecule has 3 heteroatoms. The van der Waals surface area contributed by atoms with Gasteiger partial charge in [-0.05, 0) is 38.5 Å². The lowest BCUT2D eigenvalue weighted by Gasteiger charge is -2.26. The molecule has 1 nitrogen and oxygen atoms in total. The maximum atomic E-state index is 14.2. The third-order valence-corrected chi connectivity index (χ3v) is 4.03. The summed E-state index contributed by atoms with van der Waals surface area (Å²) in [5, 5.41) is 0. The summed E-state index contributed by atoms with van der Waals surface area (Å²) >= 11 is 3.21. The molecule has 0 saturated heterocycles. The highest BCUT2D eigenvalue weighted by Crippen LogP contribution is 2.33. The first-order chi connectivity index (χ1) is 9.32. The topological polar surface area (TPSA) is 26.0 Å². The Labute approximate surface area is 128 Å². The van der Waals surface area contributed by atoms with E-state index in [1.165, 1.54) is 0 Å². The molecule has 0 amide bonds. The zero-order valence-electron chi connectivity index (χ0n) is 12.0. The van der Waals surface area contributed by atoms with Gasteiger partial charge in [-0.3, -0.25) is 0 Å². The molecule has 1 atom stereocenters. The number of rotatable bonds is 2. The fourth-order valence-electron chi connectivity index (χ4n) is 2.38. The van der Waals surface area contributed by atoms with Crippen LogP contribution in [0.4, 0.5) is 4.39 Å². The predicted octanol–water partition coefficient (Wildman–Crippen LogP) is 4.93. The van der Waals surface area contributed by atoms with E-state index in [0.717, 1.165) is 11.1 Å². The van der Waals surface area contributed by atoms with Crippen molar-refractivity contribution >= 4 is 15.9 Å². The first kappa shape index (κ1) is 15.2. The molecule has 0 spiro atoms. The van der Waals surface area contributed by atoms with Crippen LogP contribution < -0.4 is 5.73 Å². The van der Waals surface area contributed by atoms with Gasteiger partial charge in [0.15, 0.2) is 0 Å². The molecule has 106 valence electrons. The van der Waals surface area contributed by atoms with E-state index in [-0.39, 0.29) is 11.2 Å². The summed E-state index contributed by atoms with van der Waals surface area (Å²) in [5.41, 5.74) is 8.92. The Bertz CT molecular complexity index is 617. The van der Waals surface area contributed by atoms with E-state index in [1.54, 1.807) is 12.1 Å². The molecule has 0 aliphatic heterocycles. The lowest BCUT2D eigenvalue weighted by atomic mass is 9.81. The Balaban J connectivity index is 2.55. The van der Waals surface area contributed by atoms with Gasteiger partial charge in [-0.1, -0.05) is 57.2 Å². The van der Waals surface area contributed by atoms with E-state index in [4.69, 9.17) is 5.73 Å². The summed E-state index contributed by atoms with van der Waals surface area (Å²) in [6, 6.07) is 12.7. The fraction of sp³-hybridized carbons (Fsp3) is 0.294. The van der Waals surface area contributed by atoms with Gasteiger partial charge in [0.2, 0.25) is 0 Å². The van der Waals surface area contributed by atoms with Gasteiger partial charge in [-0.15, -0.1) is 0 Å². The molecular formula is C17H19BrFN. The summed E-state index contributed by atoms with van der Waals surface area (Å²) in [6.45, 7) is 6.40. The van der Waals surface area contributed by atoms with Crippen LogP contribution in [-0.2, 0) is 5.41 Å². The smallest absolute Gasteiger partial charge is 0.142 e. The molecule has 20 heavy (non-hydrogen) atoms. The van der Waals surface area contributed by atoms with Crippen molar-refractivity contribution in [2.24, 2.45) is 5.73 Å². The second-order valence-electron chi connectivity index (χ2n) is 5.96. The summed E-state index contributed by atoms with van der Waals surface area (Å²) in [4.78, 5) is 0. The molecule has 0 aliphatic carbocycles. The normalized spacial score (nSPS) is 13.3. The van der Waals surface area contributed by atoms with Crippen molar-refractivity contribution in [1.82, 2.24) is 0 Å². The van der Waals surface area contributed by atoms with E-state index in [2.05, 4.69) is 42.8 Å². The first-order valence-electron chi connectivity index (χ1n) is 6.61. The molecule has 2 N–H and O–H groups in total. The zero-order valence-corrected chi connectivity index (χ0v) is 13.5. The Morgan fingerprint density at radius 3 is 2.25 bits per heavy atom. The SMILES string of the molecule is CC(C)(C)c1ccccc1C(N)c1cccc(Br)c1F. The highest BCUT2D eigenvalue weighted by Gasteiger charge is 2.23. The molecule has 2 aromatic rings. The third kappa shape index (κ3) is 2.94. The van der Waals surface area contributed by atoms with Gasteiger partial charge in [-0.2, -0.15) is 0 Å². The summed E-state index contributed by atoms with van der Waals surface area (Å²) in [6.07, 6.45) is 0. The van der Waals surface area contributed by atoms with E-state index >= 15 is 0 Å². The van der Waals surface area contributed by atoms with Crippen LogP contribution >= 0.6 is 15.9 Å². The third-order valence-electron chi connectivity index (χ3n) is 3.42. The average molecular weight is 336 g/mol. The molecular weight excluding hydrogens is 317 g/mol. The number of benzene rings is 2. The van der Waals surface area contributed by atoms with Crippen molar-refractivity contribution < 1.29 is 4.39 Å². The Hall–Kier alpha value is -1.19. The molecule has 1 unspecified atom stereocenters. The number of hydrogen-bond acceptors (Lipinski definition) is 1. The molecule has 0 fully saturated rings. The minimum atomic E-state index is -0.470. The Morgan fingerprint density at radius 1 is 1.00 bits per heavy atom. The molecule has 0 aliphatic rings. The van der Waals surface area contributed by atoms with Crippen LogP contribution in [0.1, 0.15) is 43.5 Å². The zero-order chi connectivity index (χ0) is 14.9. The van der Waals surface area contributed by atoms with Crippen molar-refractivity contribution in [2.75, 3.05) is 0 Å². The maximum Gasteiger partial charge on any atom is 0.142 e. The van der Waals surface area contributed by atoms with Crippen LogP contribution in [-0.4, -0.2) is 0 Å². The second kappa shape index (κ2) is 5.66. The van der Waals surface area contributed by atoms with E-state index in [0.29, 0.717) is 10.0 Å². The average Bonchev–Trinajstić information content (AvgIpc) is 2.40. The minimum absolute atomic E-state index is 0.0310. The highest BCUT2D eigenvalue weighted by atomic mass is 79.9. The molecule has 0 aromatic heterocycles. The molecule has 2 aromatic carbocycles. The Morgan fingerprint density at radius 2 is 1.60 bits per heavy atom. The second-order valence-corrected chi connectivity index (χ2v) is 6.81. The number of halogens is 2. The predicted molar refractivity (Wildman–Crippen MR) is 85.3 cm³/mol. The fourth-order valence-corrected chi connectivity index (χ4v) is 2.76. The van der Waals surface area contributed by atoms with Crippen LogP contribution in [0.5, 0.6) is 0 Å². The van der Waals surface area contributed by atoms with Crippen LogP contribution in [0, 0.1) is 5.82 Å². The van der Waals surface area contributed by atoms with Crippen molar-refractivity contribution in [3.63, 3.8) is 0 Å². The molecule has 0 bridgehead atoms. The minimum Gasteiger partial charge on any atom is -0.320 e. The van der Waals surface area contributed by atoms with Gasteiger partial charge >= 0.3 is 0 Å². The lowest BCUT2D eigenvalue weighted by molar-refractivity contribution is 0.566. The first-order valence-corrected chi connectivity index (χ1v) is 7.40. The monoisotopic (exact) mass is 335 g/mol. The van der Waals surface area contributed by atoms with Gasteiger partial charge in [0.25, 0.3) is 0 Å². The van der Waals surface area contributed by atoms with E-state index in [1.807, 2.05) is 24.3 Å². The Kier molecular flexibility index (Phi) is 4.31. The molecule has 0 heterocycles. The quantitative estimate of drug-likeness (QED) is 0.826. The maximum absolute atomic E-state index is 14.2. The van der Waals surface area contributed by atoms with Crippen molar-refractivity contribution in [3.8, 4) is 0 Å². The van der Waals surface area contributed by atoms with Crippen molar-refractivity contribution in [2.45, 2.75) is 32.2 Å². The van der Waals surface area contributed by atoms with Crippen LogP contribution in [0.15, 0.2) is 46.9 Å². The molecule has 0 saturated carbocycles. The molecule has 0 radical (unpaired) electrons. The van der Waals surface area contributed by atoms with Crippen LogP contribution in [0.3, 0.4) is 0 Å². The largest absolute Gasteiger partial charge is 0.320 e. The van der Waals surface area contributed by atoms with Crippen molar-refractivity contribution in [3.05, 3.63) is 69.4 Å². The van der Waals surface area contributed by atoms with E-state index in [9.17, 15) is 4.39 Å². The van der Waals surface area contributed by atoms with Gasteiger partial charge in [0, 0.05) is 5.56 Å². The van der Waals surface area contributed by atoms with Gasteiger partial charge in [-0.25, -0.2) is 4.39 Å². The number of nitrogens with two attached hydrogens (primary N) is 1. The van der Waals surface area contributed by atoms with Crippen molar-refractivity contribution in [1.29, 1.82) is 0 Å². The van der Waals surface area contributed by atoms with Crippen LogP contribution in [0.2, 0.25) is 0 Å². The van der Waals surface area contributed by atoms with Crippen LogP contribution in [0.25, 0.3) is 0 Å². The lowest BCUT2D eigenvalue weighted by Crippen LogP contribution is -2.21. The highest BCUT2D eigenvalue weighted by molar-refractivity contribution is 9.10.